The molecule has 5 aromatic rings. The van der Waals surface area contributed by atoms with Gasteiger partial charge in [0.2, 0.25) is 0 Å². The molecule has 5 nitrogen and oxygen atoms in total. The van der Waals surface area contributed by atoms with Crippen LogP contribution in [-0.4, -0.2) is 23.8 Å². The Morgan fingerprint density at radius 2 is 1.45 bits per heavy atom. The van der Waals surface area contributed by atoms with Gasteiger partial charge in [-0.1, -0.05) is 48.5 Å². The van der Waals surface area contributed by atoms with E-state index in [2.05, 4.69) is 63.6 Å². The van der Waals surface area contributed by atoms with Gasteiger partial charge in [-0.3, -0.25) is 4.79 Å². The van der Waals surface area contributed by atoms with Crippen LogP contribution in [0.1, 0.15) is 21.5 Å². The molecule has 0 atom stereocenters. The highest BCUT2D eigenvalue weighted by atomic mass is 16.5. The third kappa shape index (κ3) is 4.21. The first-order valence-corrected chi connectivity index (χ1v) is 10.8. The number of carbonyl (C=O) groups is 1. The predicted octanol–water partition coefficient (Wildman–Crippen LogP) is 5.62. The van der Waals surface area contributed by atoms with Gasteiger partial charge < -0.3 is 9.30 Å². The molecule has 1 amide bonds. The van der Waals surface area contributed by atoms with E-state index in [1.165, 1.54) is 21.8 Å². The summed E-state index contributed by atoms with van der Waals surface area (Å²) in [6.45, 7) is 0.728. The Balaban J connectivity index is 1.30. The number of methoxy groups -OCH3 is 1. The van der Waals surface area contributed by atoms with Crippen LogP contribution < -0.4 is 10.2 Å². The molecule has 0 spiro atoms. The Labute approximate surface area is 191 Å². The number of amides is 1. The zero-order valence-corrected chi connectivity index (χ0v) is 18.2. The number of nitrogens with one attached hydrogen (secondary N) is 1. The monoisotopic (exact) mass is 433 g/mol. The number of rotatable bonds is 6. The zero-order valence-electron chi connectivity index (χ0n) is 18.2. The van der Waals surface area contributed by atoms with E-state index in [9.17, 15) is 4.79 Å². The number of aromatic nitrogens is 1. The van der Waals surface area contributed by atoms with Crippen LogP contribution >= 0.6 is 0 Å². The van der Waals surface area contributed by atoms with E-state index in [0.717, 1.165) is 23.4 Å². The van der Waals surface area contributed by atoms with Crippen molar-refractivity contribution in [1.82, 2.24) is 9.99 Å². The first-order valence-electron chi connectivity index (χ1n) is 10.8. The van der Waals surface area contributed by atoms with E-state index < -0.39 is 0 Å². The maximum atomic E-state index is 12.5. The van der Waals surface area contributed by atoms with Crippen LogP contribution in [0.2, 0.25) is 0 Å². The smallest absolute Gasteiger partial charge is 0.271 e. The highest BCUT2D eigenvalue weighted by molar-refractivity contribution is 6.08. The molecule has 0 radical (unpaired) electrons. The second kappa shape index (κ2) is 9.01. The summed E-state index contributed by atoms with van der Waals surface area (Å²) in [7, 11) is 1.62. The number of para-hydroxylation sites is 2. The SMILES string of the molecule is COc1ccc(/C=N/NC(=O)c2ccc(Cn3c4ccccc4c4ccccc43)cc2)cc1. The van der Waals surface area contributed by atoms with Crippen LogP contribution in [0.25, 0.3) is 21.8 Å². The minimum atomic E-state index is -0.247. The third-order valence-corrected chi connectivity index (χ3v) is 5.73. The normalized spacial score (nSPS) is 11.3. The maximum absolute atomic E-state index is 12.5. The van der Waals surface area contributed by atoms with Crippen molar-refractivity contribution in [3.63, 3.8) is 0 Å². The van der Waals surface area contributed by atoms with E-state index in [1.807, 2.05) is 48.5 Å². The van der Waals surface area contributed by atoms with Gasteiger partial charge in [0.15, 0.2) is 0 Å². The molecule has 0 aliphatic carbocycles. The van der Waals surface area contributed by atoms with Crippen molar-refractivity contribution >= 4 is 33.9 Å². The van der Waals surface area contributed by atoms with E-state index in [0.29, 0.717) is 5.56 Å². The van der Waals surface area contributed by atoms with Crippen LogP contribution in [0.3, 0.4) is 0 Å². The molecule has 0 bridgehead atoms. The zero-order chi connectivity index (χ0) is 22.6. The predicted molar refractivity (Wildman–Crippen MR) is 133 cm³/mol. The van der Waals surface area contributed by atoms with Crippen molar-refractivity contribution in [2.75, 3.05) is 7.11 Å². The van der Waals surface area contributed by atoms with Crippen molar-refractivity contribution in [3.8, 4) is 5.75 Å². The van der Waals surface area contributed by atoms with Crippen molar-refractivity contribution in [3.05, 3.63) is 114 Å². The molecule has 162 valence electrons. The van der Waals surface area contributed by atoms with E-state index in [1.54, 1.807) is 13.3 Å². The number of hydrazone groups is 1. The van der Waals surface area contributed by atoms with Crippen LogP contribution in [0.15, 0.2) is 102 Å². The molecule has 1 aromatic heterocycles. The lowest BCUT2D eigenvalue weighted by Gasteiger charge is -2.08. The number of nitrogens with zero attached hydrogens (tertiary/aromatic N) is 2. The van der Waals surface area contributed by atoms with Gasteiger partial charge in [0.25, 0.3) is 5.91 Å². The van der Waals surface area contributed by atoms with Crippen LogP contribution in [-0.2, 0) is 6.54 Å². The number of hydrogen-bond donors (Lipinski definition) is 1. The Morgan fingerprint density at radius 1 is 0.848 bits per heavy atom. The van der Waals surface area contributed by atoms with Crippen molar-refractivity contribution in [2.24, 2.45) is 5.10 Å². The molecule has 0 unspecified atom stereocenters. The summed E-state index contributed by atoms with van der Waals surface area (Å²) in [4.78, 5) is 12.5. The van der Waals surface area contributed by atoms with Gasteiger partial charge in [-0.05, 0) is 59.7 Å². The number of hydrogen-bond acceptors (Lipinski definition) is 3. The Kier molecular flexibility index (Phi) is 5.60. The molecule has 1 heterocycles. The van der Waals surface area contributed by atoms with Gasteiger partial charge in [0.05, 0.1) is 13.3 Å². The molecular formula is C28H23N3O2. The van der Waals surface area contributed by atoms with E-state index in [-0.39, 0.29) is 5.91 Å². The Bertz CT molecular complexity index is 1400. The average Bonchev–Trinajstić information content (AvgIpc) is 3.18. The van der Waals surface area contributed by atoms with Crippen molar-refractivity contribution in [2.45, 2.75) is 6.54 Å². The molecule has 0 fully saturated rings. The summed E-state index contributed by atoms with van der Waals surface area (Å²) in [5.74, 6) is 0.528. The highest BCUT2D eigenvalue weighted by Crippen LogP contribution is 2.29. The summed E-state index contributed by atoms with van der Waals surface area (Å²) in [5, 5.41) is 6.55. The molecule has 0 saturated carbocycles. The number of benzene rings is 4. The van der Waals surface area contributed by atoms with Crippen LogP contribution in [0.5, 0.6) is 5.75 Å². The maximum Gasteiger partial charge on any atom is 0.271 e. The molecular weight excluding hydrogens is 410 g/mol. The first kappa shape index (κ1) is 20.5. The third-order valence-electron chi connectivity index (χ3n) is 5.73. The van der Waals surface area contributed by atoms with E-state index in [4.69, 9.17) is 4.74 Å². The second-order valence-corrected chi connectivity index (χ2v) is 7.79. The summed E-state index contributed by atoms with van der Waals surface area (Å²) in [6.07, 6.45) is 1.61. The van der Waals surface area contributed by atoms with Gasteiger partial charge in [-0.25, -0.2) is 5.43 Å². The number of fused-ring (bicyclic) bond motifs is 3. The highest BCUT2D eigenvalue weighted by Gasteiger charge is 2.10. The Morgan fingerprint density at radius 3 is 2.06 bits per heavy atom. The molecule has 5 heteroatoms. The molecule has 5 rings (SSSR count). The molecule has 1 N–H and O–H groups in total. The number of carbonyl (C=O) groups excluding carboxylic acids is 1. The molecule has 4 aromatic carbocycles. The van der Waals surface area contributed by atoms with Crippen molar-refractivity contribution < 1.29 is 9.53 Å². The quantitative estimate of drug-likeness (QED) is 0.279. The second-order valence-electron chi connectivity index (χ2n) is 7.79. The summed E-state index contributed by atoms with van der Waals surface area (Å²) in [6, 6.07) is 32.0. The minimum Gasteiger partial charge on any atom is -0.497 e. The van der Waals surface area contributed by atoms with Gasteiger partial charge in [0.1, 0.15) is 5.75 Å². The lowest BCUT2D eigenvalue weighted by atomic mass is 10.1. The molecule has 33 heavy (non-hydrogen) atoms. The topological polar surface area (TPSA) is 55.6 Å². The fraction of sp³-hybridized carbons (Fsp3) is 0.0714. The molecule has 0 saturated heterocycles. The average molecular weight is 434 g/mol. The van der Waals surface area contributed by atoms with Crippen molar-refractivity contribution in [1.29, 1.82) is 0 Å². The summed E-state index contributed by atoms with van der Waals surface area (Å²) in [5.41, 5.74) is 7.55. The fourth-order valence-corrected chi connectivity index (χ4v) is 4.04. The van der Waals surface area contributed by atoms with Gasteiger partial charge >= 0.3 is 0 Å². The fourth-order valence-electron chi connectivity index (χ4n) is 4.04. The lowest BCUT2D eigenvalue weighted by Crippen LogP contribution is -2.17. The largest absolute Gasteiger partial charge is 0.497 e. The van der Waals surface area contributed by atoms with E-state index >= 15 is 0 Å². The molecule has 0 aliphatic heterocycles. The number of ether oxygens (including phenoxy) is 1. The Hall–Kier alpha value is -4.38. The summed E-state index contributed by atoms with van der Waals surface area (Å²) < 4.78 is 7.46. The van der Waals surface area contributed by atoms with Gasteiger partial charge in [-0.15, -0.1) is 0 Å². The standard InChI is InChI=1S/C28H23N3O2/c1-33-23-16-12-20(13-17-23)18-29-30-28(32)22-14-10-21(11-15-22)19-31-26-8-4-2-6-24(26)25-7-3-5-9-27(25)31/h2-18H,19H2,1H3,(H,30,32)/b29-18+. The first-order chi connectivity index (χ1) is 16.2. The summed E-state index contributed by atoms with van der Waals surface area (Å²) >= 11 is 0. The van der Waals surface area contributed by atoms with Crippen LogP contribution in [0, 0.1) is 0 Å². The van der Waals surface area contributed by atoms with Gasteiger partial charge in [0, 0.05) is 33.9 Å². The minimum absolute atomic E-state index is 0.247. The van der Waals surface area contributed by atoms with Crippen LogP contribution in [0.4, 0.5) is 0 Å². The lowest BCUT2D eigenvalue weighted by molar-refractivity contribution is 0.0955. The van der Waals surface area contributed by atoms with Gasteiger partial charge in [-0.2, -0.15) is 5.10 Å². The molecule has 0 aliphatic rings.